The van der Waals surface area contributed by atoms with Gasteiger partial charge in [-0.1, -0.05) is 30.3 Å². The smallest absolute Gasteiger partial charge is 0.244 e. The van der Waals surface area contributed by atoms with Crippen molar-refractivity contribution in [3.63, 3.8) is 0 Å². The van der Waals surface area contributed by atoms with E-state index in [1.54, 1.807) is 16.2 Å². The second-order valence-corrected chi connectivity index (χ2v) is 6.99. The van der Waals surface area contributed by atoms with Gasteiger partial charge in [0.05, 0.1) is 10.3 Å². The Bertz CT molecular complexity index is 570. The Hall–Kier alpha value is -1.17. The standard InChI is InChI=1S/C15H17BrN2OS/c1-2-18(10-12-8-9-13(16)20-12)15(19)14(17)11-6-4-3-5-7-11/h3-9,14H,2,10,17H2,1H3/t14-/m0/s1. The predicted molar refractivity (Wildman–Crippen MR) is 86.5 cm³/mol. The van der Waals surface area contributed by atoms with Gasteiger partial charge < -0.3 is 10.6 Å². The summed E-state index contributed by atoms with van der Waals surface area (Å²) in [7, 11) is 0. The van der Waals surface area contributed by atoms with E-state index in [4.69, 9.17) is 5.73 Å². The first-order valence-corrected chi connectivity index (χ1v) is 8.06. The minimum absolute atomic E-state index is 0.0387. The Kier molecular flexibility index (Phi) is 5.34. The zero-order valence-electron chi connectivity index (χ0n) is 11.3. The highest BCUT2D eigenvalue weighted by Gasteiger charge is 2.21. The van der Waals surface area contributed by atoms with Crippen LogP contribution in [-0.4, -0.2) is 17.4 Å². The van der Waals surface area contributed by atoms with E-state index in [0.717, 1.165) is 14.2 Å². The zero-order chi connectivity index (χ0) is 14.5. The maximum absolute atomic E-state index is 12.5. The summed E-state index contributed by atoms with van der Waals surface area (Å²) in [6, 6.07) is 12.9. The van der Waals surface area contributed by atoms with Gasteiger partial charge in [-0.3, -0.25) is 4.79 Å². The lowest BCUT2D eigenvalue weighted by Gasteiger charge is -2.24. The van der Waals surface area contributed by atoms with Crippen LogP contribution in [0.25, 0.3) is 0 Å². The van der Waals surface area contributed by atoms with E-state index in [1.807, 2.05) is 49.4 Å². The van der Waals surface area contributed by atoms with Gasteiger partial charge in [-0.2, -0.15) is 0 Å². The highest BCUT2D eigenvalue weighted by Crippen LogP contribution is 2.24. The molecule has 0 aliphatic carbocycles. The first-order valence-electron chi connectivity index (χ1n) is 6.45. The molecule has 2 aromatic rings. The number of amides is 1. The molecule has 1 aromatic carbocycles. The molecule has 106 valence electrons. The summed E-state index contributed by atoms with van der Waals surface area (Å²) in [5, 5.41) is 0. The fourth-order valence-corrected chi connectivity index (χ4v) is 3.47. The lowest BCUT2D eigenvalue weighted by atomic mass is 10.1. The van der Waals surface area contributed by atoms with Crippen molar-refractivity contribution in [2.45, 2.75) is 19.5 Å². The highest BCUT2D eigenvalue weighted by molar-refractivity contribution is 9.11. The van der Waals surface area contributed by atoms with Crippen LogP contribution in [0.1, 0.15) is 23.4 Å². The summed E-state index contributed by atoms with van der Waals surface area (Å²) < 4.78 is 1.07. The molecule has 5 heteroatoms. The van der Waals surface area contributed by atoms with E-state index in [0.29, 0.717) is 13.1 Å². The molecule has 2 rings (SSSR count). The van der Waals surface area contributed by atoms with Crippen molar-refractivity contribution >= 4 is 33.2 Å². The van der Waals surface area contributed by atoms with E-state index in [9.17, 15) is 4.79 Å². The van der Waals surface area contributed by atoms with Crippen molar-refractivity contribution in [2.75, 3.05) is 6.54 Å². The Morgan fingerprint density at radius 3 is 2.55 bits per heavy atom. The number of carbonyl (C=O) groups excluding carboxylic acids is 1. The Labute approximate surface area is 131 Å². The number of thiophene rings is 1. The van der Waals surface area contributed by atoms with Gasteiger partial charge in [0.15, 0.2) is 0 Å². The summed E-state index contributed by atoms with van der Waals surface area (Å²) in [6.07, 6.45) is 0. The van der Waals surface area contributed by atoms with Crippen LogP contribution in [0.2, 0.25) is 0 Å². The number of rotatable bonds is 5. The summed E-state index contributed by atoms with van der Waals surface area (Å²) in [6.45, 7) is 3.22. The van der Waals surface area contributed by atoms with Gasteiger partial charge in [0, 0.05) is 11.4 Å². The van der Waals surface area contributed by atoms with Crippen LogP contribution < -0.4 is 5.73 Å². The highest BCUT2D eigenvalue weighted by atomic mass is 79.9. The minimum atomic E-state index is -0.598. The normalized spacial score (nSPS) is 12.2. The first kappa shape index (κ1) is 15.2. The Morgan fingerprint density at radius 2 is 2.00 bits per heavy atom. The van der Waals surface area contributed by atoms with Crippen molar-refractivity contribution in [3.8, 4) is 0 Å². The van der Waals surface area contributed by atoms with Crippen LogP contribution in [0.4, 0.5) is 0 Å². The summed E-state index contributed by atoms with van der Waals surface area (Å²) in [4.78, 5) is 15.4. The third-order valence-corrected chi connectivity index (χ3v) is 4.70. The number of benzene rings is 1. The molecule has 1 amide bonds. The largest absolute Gasteiger partial charge is 0.336 e. The van der Waals surface area contributed by atoms with Gasteiger partial charge in [-0.25, -0.2) is 0 Å². The van der Waals surface area contributed by atoms with Crippen molar-refractivity contribution in [3.05, 3.63) is 56.7 Å². The van der Waals surface area contributed by atoms with Gasteiger partial charge in [-0.15, -0.1) is 11.3 Å². The van der Waals surface area contributed by atoms with E-state index in [-0.39, 0.29) is 5.91 Å². The number of hydrogen-bond acceptors (Lipinski definition) is 3. The minimum Gasteiger partial charge on any atom is -0.336 e. The predicted octanol–water partition coefficient (Wildman–Crippen LogP) is 3.56. The van der Waals surface area contributed by atoms with Gasteiger partial charge in [0.2, 0.25) is 5.91 Å². The Balaban J connectivity index is 2.09. The fraction of sp³-hybridized carbons (Fsp3) is 0.267. The zero-order valence-corrected chi connectivity index (χ0v) is 13.7. The van der Waals surface area contributed by atoms with E-state index in [1.165, 1.54) is 0 Å². The molecular weight excluding hydrogens is 336 g/mol. The van der Waals surface area contributed by atoms with Gasteiger partial charge in [0.1, 0.15) is 6.04 Å². The van der Waals surface area contributed by atoms with Crippen molar-refractivity contribution in [1.82, 2.24) is 4.90 Å². The molecule has 1 aromatic heterocycles. The molecule has 0 bridgehead atoms. The molecule has 0 fully saturated rings. The lowest BCUT2D eigenvalue weighted by Crippen LogP contribution is -2.37. The van der Waals surface area contributed by atoms with Crippen molar-refractivity contribution in [2.24, 2.45) is 5.73 Å². The van der Waals surface area contributed by atoms with E-state index < -0.39 is 6.04 Å². The molecule has 3 nitrogen and oxygen atoms in total. The Morgan fingerprint density at radius 1 is 1.30 bits per heavy atom. The van der Waals surface area contributed by atoms with Crippen molar-refractivity contribution < 1.29 is 4.79 Å². The quantitative estimate of drug-likeness (QED) is 0.893. The maximum Gasteiger partial charge on any atom is 0.244 e. The van der Waals surface area contributed by atoms with Crippen molar-refractivity contribution in [1.29, 1.82) is 0 Å². The van der Waals surface area contributed by atoms with Crippen LogP contribution in [0.3, 0.4) is 0 Å². The second kappa shape index (κ2) is 7.02. The van der Waals surface area contributed by atoms with E-state index in [2.05, 4.69) is 15.9 Å². The lowest BCUT2D eigenvalue weighted by molar-refractivity contribution is -0.133. The third kappa shape index (κ3) is 3.69. The molecule has 0 aliphatic heterocycles. The molecule has 1 atom stereocenters. The number of halogens is 1. The number of nitrogens with two attached hydrogens (primary N) is 1. The maximum atomic E-state index is 12.5. The summed E-state index contributed by atoms with van der Waals surface area (Å²) in [5.41, 5.74) is 6.93. The van der Waals surface area contributed by atoms with Gasteiger partial charge in [-0.05, 0) is 40.5 Å². The average molecular weight is 353 g/mol. The van der Waals surface area contributed by atoms with Crippen LogP contribution in [0, 0.1) is 0 Å². The monoisotopic (exact) mass is 352 g/mol. The van der Waals surface area contributed by atoms with E-state index >= 15 is 0 Å². The van der Waals surface area contributed by atoms with Gasteiger partial charge in [0.25, 0.3) is 0 Å². The summed E-state index contributed by atoms with van der Waals surface area (Å²) >= 11 is 5.08. The number of nitrogens with zero attached hydrogens (tertiary/aromatic N) is 1. The summed E-state index contributed by atoms with van der Waals surface area (Å²) in [5.74, 6) is -0.0387. The first-order chi connectivity index (χ1) is 9.61. The molecule has 20 heavy (non-hydrogen) atoms. The molecule has 2 N–H and O–H groups in total. The second-order valence-electron chi connectivity index (χ2n) is 4.45. The molecule has 0 saturated heterocycles. The van der Waals surface area contributed by atoms with Crippen LogP contribution in [0.5, 0.6) is 0 Å². The third-order valence-electron chi connectivity index (χ3n) is 3.09. The molecule has 0 aliphatic rings. The number of likely N-dealkylation sites (N-methyl/N-ethyl adjacent to an activating group) is 1. The molecule has 0 saturated carbocycles. The number of hydrogen-bond donors (Lipinski definition) is 1. The topological polar surface area (TPSA) is 46.3 Å². The average Bonchev–Trinajstić information content (AvgIpc) is 2.89. The SMILES string of the molecule is CCN(Cc1ccc(Br)s1)C(=O)[C@@H](N)c1ccccc1. The van der Waals surface area contributed by atoms with Crippen LogP contribution >= 0.6 is 27.3 Å². The molecule has 0 radical (unpaired) electrons. The molecular formula is C15H17BrN2OS. The van der Waals surface area contributed by atoms with Crippen LogP contribution in [-0.2, 0) is 11.3 Å². The van der Waals surface area contributed by atoms with Gasteiger partial charge >= 0.3 is 0 Å². The molecule has 0 spiro atoms. The fourth-order valence-electron chi connectivity index (χ4n) is 1.97. The molecule has 1 heterocycles. The molecule has 0 unspecified atom stereocenters. The number of carbonyl (C=O) groups is 1. The van der Waals surface area contributed by atoms with Crippen LogP contribution in [0.15, 0.2) is 46.3 Å².